The van der Waals surface area contributed by atoms with Gasteiger partial charge in [0.25, 0.3) is 0 Å². The summed E-state index contributed by atoms with van der Waals surface area (Å²) < 4.78 is 23.7. The van der Waals surface area contributed by atoms with E-state index in [2.05, 4.69) is 19.9 Å². The lowest BCUT2D eigenvalue weighted by Gasteiger charge is -2.27. The van der Waals surface area contributed by atoms with Crippen LogP contribution in [-0.4, -0.2) is 18.5 Å². The summed E-state index contributed by atoms with van der Waals surface area (Å²) in [6, 6.07) is 7.23. The van der Waals surface area contributed by atoms with Crippen molar-refractivity contribution in [2.45, 2.75) is 32.3 Å². The van der Waals surface area contributed by atoms with E-state index >= 15 is 0 Å². The molecule has 2 aromatic rings. The summed E-state index contributed by atoms with van der Waals surface area (Å²) in [5.74, 6) is 3.43. The highest BCUT2D eigenvalue weighted by Gasteiger charge is 2.43. The van der Waals surface area contributed by atoms with E-state index < -0.39 is 0 Å². The zero-order chi connectivity index (χ0) is 17.8. The molecule has 2 aromatic carbocycles. The molecule has 0 aliphatic carbocycles. The van der Waals surface area contributed by atoms with Crippen molar-refractivity contribution in [2.24, 2.45) is 0 Å². The second-order valence-corrected chi connectivity index (χ2v) is 7.17. The van der Waals surface area contributed by atoms with E-state index in [1.165, 1.54) is 5.57 Å². The van der Waals surface area contributed by atoms with Crippen LogP contribution >= 0.6 is 0 Å². The molecule has 0 fully saturated rings. The minimum Gasteiger partial charge on any atom is -0.508 e. The van der Waals surface area contributed by atoms with Crippen molar-refractivity contribution in [3.8, 4) is 28.7 Å². The number of hydrogen-bond donors (Lipinski definition) is 1. The van der Waals surface area contributed by atoms with Gasteiger partial charge in [-0.15, -0.1) is 0 Å². The summed E-state index contributed by atoms with van der Waals surface area (Å²) in [5.41, 5.74) is 4.35. The lowest BCUT2D eigenvalue weighted by Crippen LogP contribution is -2.23. The normalized spacial score (nSPS) is 21.2. The van der Waals surface area contributed by atoms with E-state index in [0.29, 0.717) is 12.4 Å². The Morgan fingerprint density at radius 2 is 1.96 bits per heavy atom. The molecule has 0 saturated carbocycles. The second-order valence-electron chi connectivity index (χ2n) is 7.17. The van der Waals surface area contributed by atoms with Crippen molar-refractivity contribution in [3.63, 3.8) is 0 Å². The van der Waals surface area contributed by atoms with Crippen molar-refractivity contribution in [2.75, 3.05) is 13.4 Å². The molecule has 5 nitrogen and oxygen atoms in total. The van der Waals surface area contributed by atoms with Crippen molar-refractivity contribution in [1.29, 1.82) is 0 Å². The van der Waals surface area contributed by atoms with Crippen molar-refractivity contribution >= 4 is 0 Å². The summed E-state index contributed by atoms with van der Waals surface area (Å²) in [6.07, 6.45) is 2.79. The van der Waals surface area contributed by atoms with Crippen LogP contribution in [0.25, 0.3) is 0 Å². The van der Waals surface area contributed by atoms with Crippen molar-refractivity contribution < 1.29 is 24.1 Å². The van der Waals surface area contributed by atoms with Gasteiger partial charge in [-0.05, 0) is 38.5 Å². The number of benzene rings is 2. The predicted octanol–water partition coefficient (Wildman–Crippen LogP) is 4.24. The molecule has 1 N–H and O–H groups in total. The molecule has 0 spiro atoms. The number of phenols is 1. The summed E-state index contributed by atoms with van der Waals surface area (Å²) in [5, 5.41) is 9.72. The summed E-state index contributed by atoms with van der Waals surface area (Å²) in [4.78, 5) is 0. The van der Waals surface area contributed by atoms with Crippen LogP contribution < -0.4 is 18.9 Å². The number of allylic oxidation sites excluding steroid dienone is 2. The molecule has 3 aliphatic heterocycles. The van der Waals surface area contributed by atoms with Gasteiger partial charge < -0.3 is 24.1 Å². The molecule has 5 heteroatoms. The summed E-state index contributed by atoms with van der Waals surface area (Å²) in [7, 11) is 0. The average molecular weight is 352 g/mol. The molecule has 2 atom stereocenters. The maximum Gasteiger partial charge on any atom is 0.231 e. The minimum atomic E-state index is -0.123. The molecule has 0 aromatic heterocycles. The Morgan fingerprint density at radius 1 is 1.08 bits per heavy atom. The van der Waals surface area contributed by atoms with E-state index in [9.17, 15) is 5.11 Å². The van der Waals surface area contributed by atoms with Crippen LogP contribution in [0.1, 0.15) is 42.6 Å². The van der Waals surface area contributed by atoms with E-state index in [-0.39, 0.29) is 24.6 Å². The Labute approximate surface area is 151 Å². The monoisotopic (exact) mass is 352 g/mol. The Morgan fingerprint density at radius 3 is 2.81 bits per heavy atom. The van der Waals surface area contributed by atoms with Crippen LogP contribution in [0, 0.1) is 0 Å². The molecular weight excluding hydrogens is 332 g/mol. The van der Waals surface area contributed by atoms with Crippen LogP contribution in [0.15, 0.2) is 35.9 Å². The first-order valence-corrected chi connectivity index (χ1v) is 8.83. The van der Waals surface area contributed by atoms with Gasteiger partial charge in [0.2, 0.25) is 6.79 Å². The van der Waals surface area contributed by atoms with Crippen molar-refractivity contribution in [1.82, 2.24) is 0 Å². The first-order valence-electron chi connectivity index (χ1n) is 8.83. The Hall–Kier alpha value is -2.82. The molecule has 134 valence electrons. The molecule has 0 radical (unpaired) electrons. The summed E-state index contributed by atoms with van der Waals surface area (Å²) in [6.45, 7) is 4.92. The third-order valence-corrected chi connectivity index (χ3v) is 5.18. The average Bonchev–Trinajstić information content (AvgIpc) is 3.22. The number of hydrogen-bond acceptors (Lipinski definition) is 5. The fourth-order valence-electron chi connectivity index (χ4n) is 3.91. The lowest BCUT2D eigenvalue weighted by atomic mass is 9.88. The Bertz CT molecular complexity index is 926. The molecule has 0 bridgehead atoms. The topological polar surface area (TPSA) is 57.2 Å². The van der Waals surface area contributed by atoms with Crippen molar-refractivity contribution in [3.05, 3.63) is 52.6 Å². The van der Waals surface area contributed by atoms with Gasteiger partial charge >= 0.3 is 0 Å². The van der Waals surface area contributed by atoms with Gasteiger partial charge in [0.15, 0.2) is 11.5 Å². The van der Waals surface area contributed by atoms with Crippen LogP contribution in [-0.2, 0) is 6.42 Å². The molecular formula is C21H20O5. The van der Waals surface area contributed by atoms with Gasteiger partial charge in [-0.25, -0.2) is 0 Å². The molecule has 5 rings (SSSR count). The zero-order valence-corrected chi connectivity index (χ0v) is 14.7. The van der Waals surface area contributed by atoms with Crippen LogP contribution in [0.3, 0.4) is 0 Å². The van der Waals surface area contributed by atoms with Gasteiger partial charge in [0.1, 0.15) is 23.4 Å². The highest BCUT2D eigenvalue weighted by Crippen LogP contribution is 2.56. The Kier molecular flexibility index (Phi) is 3.32. The summed E-state index contributed by atoms with van der Waals surface area (Å²) >= 11 is 0. The van der Waals surface area contributed by atoms with E-state index in [4.69, 9.17) is 18.9 Å². The number of rotatable bonds is 2. The fraction of sp³-hybridized carbons (Fsp3) is 0.333. The fourth-order valence-corrected chi connectivity index (χ4v) is 3.91. The first kappa shape index (κ1) is 15.4. The lowest BCUT2D eigenvalue weighted by molar-refractivity contribution is 0.137. The van der Waals surface area contributed by atoms with Gasteiger partial charge in [0, 0.05) is 22.8 Å². The van der Waals surface area contributed by atoms with E-state index in [1.54, 1.807) is 12.1 Å². The number of phenolic OH excluding ortho intramolecular Hbond substituents is 1. The smallest absolute Gasteiger partial charge is 0.231 e. The maximum absolute atomic E-state index is 9.72. The quantitative estimate of drug-likeness (QED) is 0.820. The molecule has 0 unspecified atom stereocenters. The Balaban J connectivity index is 1.62. The van der Waals surface area contributed by atoms with E-state index in [0.717, 1.165) is 40.4 Å². The van der Waals surface area contributed by atoms with Gasteiger partial charge in [-0.1, -0.05) is 11.6 Å². The van der Waals surface area contributed by atoms with Gasteiger partial charge in [-0.2, -0.15) is 0 Å². The van der Waals surface area contributed by atoms with Crippen LogP contribution in [0.5, 0.6) is 28.7 Å². The van der Waals surface area contributed by atoms with Gasteiger partial charge in [-0.3, -0.25) is 0 Å². The van der Waals surface area contributed by atoms with Crippen LogP contribution in [0.2, 0.25) is 0 Å². The number of fused-ring (bicyclic) bond motifs is 6. The zero-order valence-electron chi connectivity index (χ0n) is 14.7. The SMILES string of the molecule is CC(C)=CCc1c2c(cc3c1O[C@H]1c4ccc(O)cc4OC[C@@H]31)OCO2. The molecule has 0 saturated heterocycles. The molecule has 26 heavy (non-hydrogen) atoms. The van der Waals surface area contributed by atoms with Gasteiger partial charge in [0.05, 0.1) is 12.5 Å². The molecule has 3 aliphatic rings. The number of aromatic hydroxyl groups is 1. The highest BCUT2D eigenvalue weighted by atomic mass is 16.7. The number of ether oxygens (including phenoxy) is 4. The first-order chi connectivity index (χ1) is 12.6. The third kappa shape index (κ3) is 2.23. The molecule has 0 amide bonds. The maximum atomic E-state index is 9.72. The largest absolute Gasteiger partial charge is 0.508 e. The second kappa shape index (κ2) is 5.59. The minimum absolute atomic E-state index is 0.0991. The van der Waals surface area contributed by atoms with E-state index in [1.807, 2.05) is 12.1 Å². The highest BCUT2D eigenvalue weighted by molar-refractivity contribution is 5.63. The predicted molar refractivity (Wildman–Crippen MR) is 95.4 cm³/mol. The third-order valence-electron chi connectivity index (χ3n) is 5.18. The van der Waals surface area contributed by atoms with Crippen LogP contribution in [0.4, 0.5) is 0 Å². The standard InChI is InChI=1S/C21H20O5/c1-11(2)3-5-14-20-15(8-18-21(14)25-10-24-18)16-9-23-17-7-12(22)4-6-13(17)19(16)26-20/h3-4,6-8,16,19,22H,5,9-10H2,1-2H3/t16-,19-/m0/s1. The molecule has 3 heterocycles.